The van der Waals surface area contributed by atoms with Crippen molar-refractivity contribution in [2.45, 2.75) is 25.9 Å². The maximum Gasteiger partial charge on any atom is 0.246 e. The van der Waals surface area contributed by atoms with Crippen molar-refractivity contribution < 1.29 is 18.7 Å². The maximum atomic E-state index is 13.9. The molecule has 0 radical (unpaired) electrons. The lowest BCUT2D eigenvalue weighted by Gasteiger charge is -2.31. The molecule has 1 aliphatic heterocycles. The van der Waals surface area contributed by atoms with E-state index in [1.165, 1.54) is 19.2 Å². The van der Waals surface area contributed by atoms with Crippen LogP contribution in [0.5, 0.6) is 5.75 Å². The predicted octanol–water partition coefficient (Wildman–Crippen LogP) is 1.07. The summed E-state index contributed by atoms with van der Waals surface area (Å²) in [4.78, 5) is 25.0. The van der Waals surface area contributed by atoms with Crippen molar-refractivity contribution in [3.05, 3.63) is 29.6 Å². The number of nitrogens with one attached hydrogen (secondary N) is 1. The molecule has 108 valence electrons. The van der Waals surface area contributed by atoms with Gasteiger partial charge >= 0.3 is 0 Å². The molecule has 20 heavy (non-hydrogen) atoms. The van der Waals surface area contributed by atoms with Crippen molar-refractivity contribution in [1.29, 1.82) is 0 Å². The van der Waals surface area contributed by atoms with Gasteiger partial charge in [-0.1, -0.05) is 13.0 Å². The van der Waals surface area contributed by atoms with Gasteiger partial charge in [0.15, 0.2) is 0 Å². The molecule has 1 fully saturated rings. The molecule has 2 amide bonds. The molecule has 0 spiro atoms. The van der Waals surface area contributed by atoms with Crippen LogP contribution in [0, 0.1) is 5.82 Å². The van der Waals surface area contributed by atoms with E-state index in [0.29, 0.717) is 17.7 Å². The number of carbonyl (C=O) groups excluding carboxylic acids is 2. The molecule has 1 unspecified atom stereocenters. The van der Waals surface area contributed by atoms with E-state index >= 15 is 0 Å². The van der Waals surface area contributed by atoms with Crippen LogP contribution in [0.2, 0.25) is 0 Å². The van der Waals surface area contributed by atoms with Crippen LogP contribution in [0.3, 0.4) is 0 Å². The first kappa shape index (κ1) is 14.5. The van der Waals surface area contributed by atoms with Crippen LogP contribution in [0.15, 0.2) is 18.2 Å². The standard InChI is InChI=1S/C14H17FN2O3/c1-3-12-14(19)17(13(18)7-16-12)8-9-4-5-10(20-2)6-11(9)15/h4-6,12,16H,3,7-8H2,1-2H3. The van der Waals surface area contributed by atoms with Crippen LogP contribution >= 0.6 is 0 Å². The first-order valence-corrected chi connectivity index (χ1v) is 6.46. The average Bonchev–Trinajstić information content (AvgIpc) is 2.45. The number of nitrogens with zero attached hydrogens (tertiary/aromatic N) is 1. The van der Waals surface area contributed by atoms with Gasteiger partial charge in [0.2, 0.25) is 11.8 Å². The number of amides is 2. The molecule has 1 N–H and O–H groups in total. The summed E-state index contributed by atoms with van der Waals surface area (Å²) < 4.78 is 18.8. The highest BCUT2D eigenvalue weighted by atomic mass is 19.1. The van der Waals surface area contributed by atoms with E-state index in [9.17, 15) is 14.0 Å². The van der Waals surface area contributed by atoms with Crippen molar-refractivity contribution in [3.8, 4) is 5.75 Å². The fraction of sp³-hybridized carbons (Fsp3) is 0.429. The van der Waals surface area contributed by atoms with Crippen LogP contribution in [0.4, 0.5) is 4.39 Å². The van der Waals surface area contributed by atoms with Gasteiger partial charge in [0.05, 0.1) is 26.2 Å². The molecule has 0 aliphatic carbocycles. The van der Waals surface area contributed by atoms with Gasteiger partial charge in [-0.2, -0.15) is 0 Å². The Bertz CT molecular complexity index is 533. The zero-order valence-corrected chi connectivity index (χ0v) is 11.5. The summed E-state index contributed by atoms with van der Waals surface area (Å²) in [6.07, 6.45) is 0.591. The lowest BCUT2D eigenvalue weighted by Crippen LogP contribution is -2.57. The smallest absolute Gasteiger partial charge is 0.246 e. The number of rotatable bonds is 4. The van der Waals surface area contributed by atoms with Crippen molar-refractivity contribution in [2.24, 2.45) is 0 Å². The normalized spacial score (nSPS) is 19.4. The zero-order valence-electron chi connectivity index (χ0n) is 11.5. The van der Waals surface area contributed by atoms with E-state index in [2.05, 4.69) is 5.32 Å². The van der Waals surface area contributed by atoms with Crippen molar-refractivity contribution in [2.75, 3.05) is 13.7 Å². The highest BCUT2D eigenvalue weighted by molar-refractivity contribution is 6.01. The third-order valence-electron chi connectivity index (χ3n) is 3.36. The Labute approximate surface area is 116 Å². The summed E-state index contributed by atoms with van der Waals surface area (Å²) in [6, 6.07) is 3.99. The van der Waals surface area contributed by atoms with Crippen molar-refractivity contribution in [3.63, 3.8) is 0 Å². The minimum Gasteiger partial charge on any atom is -0.497 e. The molecular weight excluding hydrogens is 263 g/mol. The van der Waals surface area contributed by atoms with Gasteiger partial charge in [-0.05, 0) is 12.5 Å². The number of carbonyl (C=O) groups is 2. The van der Waals surface area contributed by atoms with Gasteiger partial charge in [-0.25, -0.2) is 4.39 Å². The van der Waals surface area contributed by atoms with Crippen LogP contribution in [-0.4, -0.2) is 36.4 Å². The SMILES string of the molecule is CCC1NCC(=O)N(Cc2ccc(OC)cc2F)C1=O. The van der Waals surface area contributed by atoms with Gasteiger partial charge in [-0.3, -0.25) is 19.8 Å². The minimum atomic E-state index is -0.489. The highest BCUT2D eigenvalue weighted by Gasteiger charge is 2.33. The summed E-state index contributed by atoms with van der Waals surface area (Å²) in [5, 5.41) is 2.86. The van der Waals surface area contributed by atoms with Crippen LogP contribution in [-0.2, 0) is 16.1 Å². The van der Waals surface area contributed by atoms with Gasteiger partial charge in [0, 0.05) is 11.6 Å². The first-order valence-electron chi connectivity index (χ1n) is 6.46. The van der Waals surface area contributed by atoms with E-state index < -0.39 is 5.82 Å². The molecule has 1 saturated heterocycles. The van der Waals surface area contributed by atoms with Gasteiger partial charge in [0.1, 0.15) is 11.6 Å². The second kappa shape index (κ2) is 6.00. The summed E-state index contributed by atoms with van der Waals surface area (Å²) in [5.41, 5.74) is 0.296. The summed E-state index contributed by atoms with van der Waals surface area (Å²) in [6.45, 7) is 1.91. The third kappa shape index (κ3) is 2.80. The van der Waals surface area contributed by atoms with E-state index in [1.54, 1.807) is 6.07 Å². The van der Waals surface area contributed by atoms with Gasteiger partial charge in [-0.15, -0.1) is 0 Å². The molecule has 1 aromatic rings. The number of hydrogen-bond acceptors (Lipinski definition) is 4. The number of piperazine rings is 1. The summed E-state index contributed by atoms with van der Waals surface area (Å²) >= 11 is 0. The van der Waals surface area contributed by atoms with E-state index in [0.717, 1.165) is 4.90 Å². The Morgan fingerprint density at radius 1 is 1.45 bits per heavy atom. The fourth-order valence-corrected chi connectivity index (χ4v) is 2.14. The van der Waals surface area contributed by atoms with E-state index in [4.69, 9.17) is 4.74 Å². The van der Waals surface area contributed by atoms with E-state index in [-0.39, 0.29) is 30.9 Å². The largest absolute Gasteiger partial charge is 0.497 e. The van der Waals surface area contributed by atoms with Crippen molar-refractivity contribution >= 4 is 11.8 Å². The number of halogens is 1. The highest BCUT2D eigenvalue weighted by Crippen LogP contribution is 2.19. The second-order valence-corrected chi connectivity index (χ2v) is 4.62. The molecule has 2 rings (SSSR count). The first-order chi connectivity index (χ1) is 9.56. The Morgan fingerprint density at radius 2 is 2.20 bits per heavy atom. The van der Waals surface area contributed by atoms with Gasteiger partial charge in [0.25, 0.3) is 0 Å². The van der Waals surface area contributed by atoms with E-state index in [1.807, 2.05) is 6.92 Å². The van der Waals surface area contributed by atoms with Crippen molar-refractivity contribution in [1.82, 2.24) is 10.2 Å². The Hall–Kier alpha value is -1.95. The zero-order chi connectivity index (χ0) is 14.7. The molecule has 1 aliphatic rings. The molecule has 1 atom stereocenters. The number of benzene rings is 1. The summed E-state index contributed by atoms with van der Waals surface area (Å²) in [5.74, 6) is -0.735. The molecule has 0 saturated carbocycles. The Kier molecular flexibility index (Phi) is 4.34. The molecule has 0 aromatic heterocycles. The number of imide groups is 1. The topological polar surface area (TPSA) is 58.6 Å². The monoisotopic (exact) mass is 280 g/mol. The summed E-state index contributed by atoms with van der Waals surface area (Å²) in [7, 11) is 1.45. The van der Waals surface area contributed by atoms with Crippen LogP contribution in [0.1, 0.15) is 18.9 Å². The fourth-order valence-electron chi connectivity index (χ4n) is 2.14. The molecule has 0 bridgehead atoms. The number of hydrogen-bond donors (Lipinski definition) is 1. The Morgan fingerprint density at radius 3 is 2.80 bits per heavy atom. The third-order valence-corrected chi connectivity index (χ3v) is 3.36. The maximum absolute atomic E-state index is 13.9. The average molecular weight is 280 g/mol. The molecular formula is C14H17FN2O3. The minimum absolute atomic E-state index is 0.0499. The number of ether oxygens (including phenoxy) is 1. The molecule has 1 heterocycles. The van der Waals surface area contributed by atoms with Crippen LogP contribution < -0.4 is 10.1 Å². The second-order valence-electron chi connectivity index (χ2n) is 4.62. The lowest BCUT2D eigenvalue weighted by molar-refractivity contribution is -0.150. The Balaban J connectivity index is 2.19. The van der Waals surface area contributed by atoms with Crippen LogP contribution in [0.25, 0.3) is 0 Å². The number of methoxy groups -OCH3 is 1. The predicted molar refractivity (Wildman–Crippen MR) is 70.6 cm³/mol. The quantitative estimate of drug-likeness (QED) is 0.838. The molecule has 1 aromatic carbocycles. The molecule has 5 nitrogen and oxygen atoms in total. The molecule has 6 heteroatoms. The lowest BCUT2D eigenvalue weighted by atomic mass is 10.1. The van der Waals surface area contributed by atoms with Gasteiger partial charge < -0.3 is 4.74 Å².